The fourth-order valence-electron chi connectivity index (χ4n) is 2.94. The largest absolute Gasteiger partial charge is 0.465 e. The number of hydrogen-bond acceptors (Lipinski definition) is 4. The lowest BCUT2D eigenvalue weighted by Gasteiger charge is -2.32. The van der Waals surface area contributed by atoms with E-state index in [0.29, 0.717) is 5.56 Å². The highest BCUT2D eigenvalue weighted by molar-refractivity contribution is 5.93. The molecule has 0 saturated heterocycles. The maximum atomic E-state index is 11.5. The summed E-state index contributed by atoms with van der Waals surface area (Å²) in [6.07, 6.45) is 3.60. The first kappa shape index (κ1) is 12.2. The highest BCUT2D eigenvalue weighted by Crippen LogP contribution is 2.41. The van der Waals surface area contributed by atoms with Gasteiger partial charge in [-0.2, -0.15) is 0 Å². The quantitative estimate of drug-likeness (QED) is 0.761. The van der Waals surface area contributed by atoms with Crippen LogP contribution in [-0.2, 0) is 4.74 Å². The third-order valence-electron chi connectivity index (χ3n) is 3.90. The molecule has 2 N–H and O–H groups in total. The normalized spacial score (nSPS) is 21.3. The number of carbonyl (C=O) groups is 1. The summed E-state index contributed by atoms with van der Waals surface area (Å²) < 4.78 is 4.72. The molecule has 0 bridgehead atoms. The number of allylic oxidation sites excluding steroid dienone is 1. The average molecular weight is 259 g/mol. The second-order valence-electron chi connectivity index (χ2n) is 5.01. The van der Waals surface area contributed by atoms with Gasteiger partial charge in [0.05, 0.1) is 12.7 Å². The number of benzene rings is 1. The van der Waals surface area contributed by atoms with Gasteiger partial charge in [0.25, 0.3) is 0 Å². The van der Waals surface area contributed by atoms with Crippen molar-refractivity contribution >= 4 is 17.2 Å². The van der Waals surface area contributed by atoms with Gasteiger partial charge in [-0.3, -0.25) is 0 Å². The van der Waals surface area contributed by atoms with Crippen molar-refractivity contribution in [3.05, 3.63) is 34.9 Å². The lowest BCUT2D eigenvalue weighted by atomic mass is 9.83. The fourth-order valence-corrected chi connectivity index (χ4v) is 2.94. The number of ether oxygens (including phenoxy) is 1. The van der Waals surface area contributed by atoms with Gasteiger partial charge >= 0.3 is 5.97 Å². The summed E-state index contributed by atoms with van der Waals surface area (Å²) in [6, 6.07) is 5.48. The van der Waals surface area contributed by atoms with E-state index in [4.69, 9.17) is 4.74 Å². The van der Waals surface area contributed by atoms with Crippen LogP contribution < -0.4 is 5.32 Å². The molecule has 1 aromatic carbocycles. The van der Waals surface area contributed by atoms with E-state index >= 15 is 0 Å². The summed E-state index contributed by atoms with van der Waals surface area (Å²) in [4.78, 5) is 11.5. The molecule has 0 spiro atoms. The van der Waals surface area contributed by atoms with Crippen LogP contribution in [0.5, 0.6) is 0 Å². The van der Waals surface area contributed by atoms with Gasteiger partial charge in [0.15, 0.2) is 0 Å². The van der Waals surface area contributed by atoms with Crippen LogP contribution in [0, 0.1) is 0 Å². The Labute approximate surface area is 112 Å². The molecule has 0 radical (unpaired) electrons. The molecule has 1 aliphatic carbocycles. The summed E-state index contributed by atoms with van der Waals surface area (Å²) >= 11 is 0. The molecule has 0 fully saturated rings. The summed E-state index contributed by atoms with van der Waals surface area (Å²) in [7, 11) is 1.37. The monoisotopic (exact) mass is 259 g/mol. The molecule has 0 amide bonds. The molecule has 1 aromatic rings. The molecule has 2 aliphatic rings. The number of rotatable bonds is 1. The van der Waals surface area contributed by atoms with Crippen molar-refractivity contribution in [2.24, 2.45) is 0 Å². The van der Waals surface area contributed by atoms with Gasteiger partial charge in [0.1, 0.15) is 6.23 Å². The number of esters is 1. The molecule has 0 saturated carbocycles. The number of hydrogen-bond donors (Lipinski definition) is 2. The molecule has 1 atom stereocenters. The van der Waals surface area contributed by atoms with E-state index in [1.165, 1.54) is 12.7 Å². The van der Waals surface area contributed by atoms with Crippen molar-refractivity contribution in [3.63, 3.8) is 0 Å². The van der Waals surface area contributed by atoms with Crippen molar-refractivity contribution < 1.29 is 14.6 Å². The Hall–Kier alpha value is -1.81. The highest BCUT2D eigenvalue weighted by atomic mass is 16.5. The first-order chi connectivity index (χ1) is 9.20. The maximum Gasteiger partial charge on any atom is 0.337 e. The van der Waals surface area contributed by atoms with Gasteiger partial charge in [-0.1, -0.05) is 6.07 Å². The first-order valence-corrected chi connectivity index (χ1v) is 6.60. The Kier molecular flexibility index (Phi) is 3.03. The van der Waals surface area contributed by atoms with Gasteiger partial charge in [0.2, 0.25) is 0 Å². The lowest BCUT2D eigenvalue weighted by molar-refractivity contribution is 0.0600. The number of aliphatic hydroxyl groups excluding tert-OH is 1. The highest BCUT2D eigenvalue weighted by Gasteiger charge is 2.27. The number of fused-ring (bicyclic) bond motifs is 2. The Morgan fingerprint density at radius 1 is 1.37 bits per heavy atom. The Morgan fingerprint density at radius 2 is 2.16 bits per heavy atom. The van der Waals surface area contributed by atoms with Crippen LogP contribution in [0.15, 0.2) is 23.8 Å². The Balaban J connectivity index is 2.06. The second kappa shape index (κ2) is 4.70. The van der Waals surface area contributed by atoms with Gasteiger partial charge < -0.3 is 15.2 Å². The van der Waals surface area contributed by atoms with E-state index in [9.17, 15) is 9.90 Å². The molecule has 4 heteroatoms. The number of methoxy groups -OCH3 is 1. The van der Waals surface area contributed by atoms with Crippen LogP contribution in [0.2, 0.25) is 0 Å². The van der Waals surface area contributed by atoms with Crippen molar-refractivity contribution in [1.82, 2.24) is 0 Å². The number of anilines is 1. The standard InChI is InChI=1S/C15H17NO3/c1-19-15(18)9-6-7-11-10-4-2-3-5-12(10)14(17)16-13(11)8-9/h6-8,14,16-17H,2-5H2,1H3. The third kappa shape index (κ3) is 2.02. The zero-order valence-corrected chi connectivity index (χ0v) is 10.9. The molecule has 19 heavy (non-hydrogen) atoms. The Morgan fingerprint density at radius 3 is 2.95 bits per heavy atom. The van der Waals surface area contributed by atoms with Gasteiger partial charge in [0, 0.05) is 11.3 Å². The third-order valence-corrected chi connectivity index (χ3v) is 3.90. The summed E-state index contributed by atoms with van der Waals surface area (Å²) in [5.41, 5.74) is 4.76. The molecule has 1 heterocycles. The minimum absolute atomic E-state index is 0.359. The van der Waals surface area contributed by atoms with Crippen LogP contribution >= 0.6 is 0 Å². The Bertz CT molecular complexity index is 563. The van der Waals surface area contributed by atoms with Gasteiger partial charge in [-0.25, -0.2) is 4.79 Å². The smallest absolute Gasteiger partial charge is 0.337 e. The number of carbonyl (C=O) groups excluding carboxylic acids is 1. The van der Waals surface area contributed by atoms with Crippen molar-refractivity contribution in [1.29, 1.82) is 0 Å². The van der Waals surface area contributed by atoms with E-state index in [-0.39, 0.29) is 5.97 Å². The zero-order chi connectivity index (χ0) is 13.4. The van der Waals surface area contributed by atoms with Gasteiger partial charge in [-0.15, -0.1) is 0 Å². The van der Waals surface area contributed by atoms with Crippen LogP contribution in [-0.4, -0.2) is 24.4 Å². The van der Waals surface area contributed by atoms with E-state index in [1.807, 2.05) is 6.07 Å². The molecule has 4 nitrogen and oxygen atoms in total. The SMILES string of the molecule is COC(=O)c1ccc2c(c1)NC(O)C1=C2CCCC1. The van der Waals surface area contributed by atoms with Crippen LogP contribution in [0.3, 0.4) is 0 Å². The fraction of sp³-hybridized carbons (Fsp3) is 0.400. The average Bonchev–Trinajstić information content (AvgIpc) is 2.46. The van der Waals surface area contributed by atoms with Crippen molar-refractivity contribution in [2.75, 3.05) is 12.4 Å². The molecule has 100 valence electrons. The summed E-state index contributed by atoms with van der Waals surface area (Å²) in [5.74, 6) is -0.359. The van der Waals surface area contributed by atoms with E-state index in [2.05, 4.69) is 5.32 Å². The summed E-state index contributed by atoms with van der Waals surface area (Å²) in [6.45, 7) is 0. The van der Waals surface area contributed by atoms with Gasteiger partial charge in [-0.05, 0) is 49.0 Å². The second-order valence-corrected chi connectivity index (χ2v) is 5.01. The molecule has 1 aliphatic heterocycles. The molecule has 0 aromatic heterocycles. The first-order valence-electron chi connectivity index (χ1n) is 6.60. The predicted molar refractivity (Wildman–Crippen MR) is 72.8 cm³/mol. The predicted octanol–water partition coefficient (Wildman–Crippen LogP) is 2.54. The minimum Gasteiger partial charge on any atom is -0.465 e. The lowest BCUT2D eigenvalue weighted by Crippen LogP contribution is -2.28. The molecule has 1 unspecified atom stereocenters. The topological polar surface area (TPSA) is 58.6 Å². The summed E-state index contributed by atoms with van der Waals surface area (Å²) in [5, 5.41) is 13.2. The van der Waals surface area contributed by atoms with Crippen LogP contribution in [0.4, 0.5) is 5.69 Å². The minimum atomic E-state index is -0.629. The van der Waals surface area contributed by atoms with Crippen molar-refractivity contribution in [3.8, 4) is 0 Å². The maximum absolute atomic E-state index is 11.5. The van der Waals surface area contributed by atoms with Crippen LogP contribution in [0.1, 0.15) is 41.6 Å². The van der Waals surface area contributed by atoms with E-state index in [0.717, 1.165) is 42.5 Å². The van der Waals surface area contributed by atoms with E-state index < -0.39 is 6.23 Å². The molecule has 3 rings (SSSR count). The molecular weight excluding hydrogens is 242 g/mol. The number of aliphatic hydroxyl groups is 1. The van der Waals surface area contributed by atoms with E-state index in [1.54, 1.807) is 12.1 Å². The zero-order valence-electron chi connectivity index (χ0n) is 10.9. The van der Waals surface area contributed by atoms with Crippen LogP contribution in [0.25, 0.3) is 5.57 Å². The van der Waals surface area contributed by atoms with Crippen molar-refractivity contribution in [2.45, 2.75) is 31.9 Å². The molecular formula is C15H17NO3. The number of nitrogens with one attached hydrogen (secondary N) is 1.